The lowest BCUT2D eigenvalue weighted by molar-refractivity contribution is 0.0687. The van der Waals surface area contributed by atoms with Crippen molar-refractivity contribution in [3.05, 3.63) is 53.2 Å². The number of rotatable bonds is 4. The summed E-state index contributed by atoms with van der Waals surface area (Å²) in [7, 11) is 1.32. The van der Waals surface area contributed by atoms with Crippen LogP contribution in [-0.4, -0.2) is 23.3 Å². The second-order valence-corrected chi connectivity index (χ2v) is 3.80. The number of hydrogen-bond acceptors (Lipinski definition) is 4. The van der Waals surface area contributed by atoms with Gasteiger partial charge in [-0.05, 0) is 23.8 Å². The average Bonchev–Trinajstić information content (AvgIpc) is 2.87. The number of benzene rings is 1. The quantitative estimate of drug-likeness (QED) is 0.886. The van der Waals surface area contributed by atoms with Gasteiger partial charge in [0.15, 0.2) is 17.3 Å². The second-order valence-electron chi connectivity index (χ2n) is 3.80. The number of methoxy groups -OCH3 is 1. The van der Waals surface area contributed by atoms with Crippen molar-refractivity contribution in [1.82, 2.24) is 0 Å². The van der Waals surface area contributed by atoms with E-state index in [0.29, 0.717) is 0 Å². The van der Waals surface area contributed by atoms with Crippen molar-refractivity contribution in [3.63, 3.8) is 0 Å². The summed E-state index contributed by atoms with van der Waals surface area (Å²) in [5.74, 6) is -1.98. The number of hydrogen-bond donors (Lipinski definition) is 2. The molecule has 0 bridgehead atoms. The largest absolute Gasteiger partial charge is 0.494 e. The van der Waals surface area contributed by atoms with Crippen LogP contribution >= 0.6 is 0 Å². The van der Waals surface area contributed by atoms with Gasteiger partial charge in [0.05, 0.1) is 13.4 Å². The molecule has 100 valence electrons. The van der Waals surface area contributed by atoms with Crippen LogP contribution in [0, 0.1) is 5.82 Å². The third kappa shape index (κ3) is 2.43. The van der Waals surface area contributed by atoms with Gasteiger partial charge in [0.1, 0.15) is 11.7 Å². The van der Waals surface area contributed by atoms with Crippen molar-refractivity contribution in [1.29, 1.82) is 0 Å². The zero-order valence-electron chi connectivity index (χ0n) is 9.96. The van der Waals surface area contributed by atoms with Crippen molar-refractivity contribution >= 4 is 5.97 Å². The van der Waals surface area contributed by atoms with Gasteiger partial charge in [0.25, 0.3) is 0 Å². The Hall–Kier alpha value is -2.34. The Morgan fingerprint density at radius 2 is 2.16 bits per heavy atom. The predicted molar refractivity (Wildman–Crippen MR) is 62.7 cm³/mol. The van der Waals surface area contributed by atoms with Gasteiger partial charge >= 0.3 is 5.97 Å². The Bertz CT molecular complexity index is 605. The van der Waals surface area contributed by atoms with Gasteiger partial charge in [-0.2, -0.15) is 0 Å². The number of aromatic carboxylic acids is 1. The topological polar surface area (TPSA) is 79.9 Å². The van der Waals surface area contributed by atoms with Crippen LogP contribution in [0.15, 0.2) is 34.9 Å². The molecule has 2 aromatic rings. The molecule has 0 saturated carbocycles. The molecule has 6 heteroatoms. The molecule has 1 aromatic carbocycles. The van der Waals surface area contributed by atoms with Crippen LogP contribution in [0.4, 0.5) is 4.39 Å². The maximum absolute atomic E-state index is 13.5. The molecule has 1 aromatic heterocycles. The van der Waals surface area contributed by atoms with Gasteiger partial charge in [0.2, 0.25) is 0 Å². The van der Waals surface area contributed by atoms with Crippen molar-refractivity contribution in [2.24, 2.45) is 0 Å². The lowest BCUT2D eigenvalue weighted by Gasteiger charge is -2.11. The van der Waals surface area contributed by atoms with E-state index in [9.17, 15) is 14.3 Å². The predicted octanol–water partition coefficient (Wildman–Crippen LogP) is 2.21. The number of carbonyl (C=O) groups is 1. The maximum atomic E-state index is 13.5. The van der Waals surface area contributed by atoms with Gasteiger partial charge < -0.3 is 19.4 Å². The van der Waals surface area contributed by atoms with Gasteiger partial charge in [-0.25, -0.2) is 9.18 Å². The van der Waals surface area contributed by atoms with Crippen molar-refractivity contribution in [3.8, 4) is 5.75 Å². The van der Waals surface area contributed by atoms with E-state index in [2.05, 4.69) is 0 Å². The molecule has 2 N–H and O–H groups in total. The zero-order chi connectivity index (χ0) is 14.0. The highest BCUT2D eigenvalue weighted by molar-refractivity contribution is 5.88. The Labute approximate surface area is 107 Å². The molecule has 2 rings (SSSR count). The van der Waals surface area contributed by atoms with E-state index in [1.54, 1.807) is 0 Å². The molecule has 0 aliphatic carbocycles. The fourth-order valence-corrected chi connectivity index (χ4v) is 1.71. The normalized spacial score (nSPS) is 12.2. The Morgan fingerprint density at radius 3 is 2.74 bits per heavy atom. The van der Waals surface area contributed by atoms with Gasteiger partial charge in [-0.15, -0.1) is 0 Å². The van der Waals surface area contributed by atoms with Crippen LogP contribution < -0.4 is 4.74 Å². The SMILES string of the molecule is COc1ccc(C(O)c2occc2C(=O)O)cc1F. The molecule has 1 atom stereocenters. The van der Waals surface area contributed by atoms with Crippen LogP contribution in [0.2, 0.25) is 0 Å². The number of halogens is 1. The molecular weight excluding hydrogens is 255 g/mol. The number of furan rings is 1. The first kappa shape index (κ1) is 13.1. The van der Waals surface area contributed by atoms with Crippen LogP contribution in [0.1, 0.15) is 27.8 Å². The highest BCUT2D eigenvalue weighted by atomic mass is 19.1. The van der Waals surface area contributed by atoms with Crippen molar-refractivity contribution < 1.29 is 28.6 Å². The van der Waals surface area contributed by atoms with Gasteiger partial charge in [-0.3, -0.25) is 0 Å². The number of ether oxygens (including phenoxy) is 1. The fraction of sp³-hybridized carbons (Fsp3) is 0.154. The molecule has 0 aliphatic heterocycles. The minimum Gasteiger partial charge on any atom is -0.494 e. The first-order chi connectivity index (χ1) is 9.04. The molecule has 19 heavy (non-hydrogen) atoms. The number of carboxylic acid groups (broad SMARTS) is 1. The molecule has 0 radical (unpaired) electrons. The van der Waals surface area contributed by atoms with Crippen LogP contribution in [0.3, 0.4) is 0 Å². The highest BCUT2D eigenvalue weighted by Crippen LogP contribution is 2.28. The Balaban J connectivity index is 2.38. The summed E-state index contributed by atoms with van der Waals surface area (Å²) in [6.45, 7) is 0. The monoisotopic (exact) mass is 266 g/mol. The molecule has 5 nitrogen and oxygen atoms in total. The molecule has 0 fully saturated rings. The standard InChI is InChI=1S/C13H11FO5/c1-18-10-3-2-7(6-9(10)14)11(15)12-8(13(16)17)4-5-19-12/h2-6,11,15H,1H3,(H,16,17). The summed E-state index contributed by atoms with van der Waals surface area (Å²) < 4.78 is 23.2. The minimum atomic E-state index is -1.36. The lowest BCUT2D eigenvalue weighted by atomic mass is 10.0. The molecule has 0 aliphatic rings. The Kier molecular flexibility index (Phi) is 3.52. The summed E-state index contributed by atoms with van der Waals surface area (Å²) in [5.41, 5.74) is 0.0134. The fourth-order valence-electron chi connectivity index (χ4n) is 1.71. The van der Waals surface area contributed by atoms with E-state index < -0.39 is 17.9 Å². The zero-order valence-corrected chi connectivity index (χ0v) is 9.96. The Morgan fingerprint density at radius 1 is 1.42 bits per heavy atom. The minimum absolute atomic E-state index is 0.0360. The number of aliphatic hydroxyl groups excluding tert-OH is 1. The van der Waals surface area contributed by atoms with E-state index in [1.165, 1.54) is 25.3 Å². The van der Waals surface area contributed by atoms with E-state index >= 15 is 0 Å². The van der Waals surface area contributed by atoms with E-state index in [0.717, 1.165) is 12.3 Å². The van der Waals surface area contributed by atoms with Crippen LogP contribution in [-0.2, 0) is 0 Å². The highest BCUT2D eigenvalue weighted by Gasteiger charge is 2.23. The van der Waals surface area contributed by atoms with Crippen LogP contribution in [0.5, 0.6) is 5.75 Å². The summed E-state index contributed by atoms with van der Waals surface area (Å²) in [6, 6.07) is 5.07. The molecule has 0 amide bonds. The second kappa shape index (κ2) is 5.11. The van der Waals surface area contributed by atoms with Gasteiger partial charge in [0, 0.05) is 0 Å². The van der Waals surface area contributed by atoms with E-state index in [-0.39, 0.29) is 22.6 Å². The van der Waals surface area contributed by atoms with Crippen molar-refractivity contribution in [2.75, 3.05) is 7.11 Å². The maximum Gasteiger partial charge on any atom is 0.339 e. The first-order valence-electron chi connectivity index (χ1n) is 5.36. The molecule has 0 saturated heterocycles. The smallest absolute Gasteiger partial charge is 0.339 e. The third-order valence-corrected chi connectivity index (χ3v) is 2.67. The summed E-state index contributed by atoms with van der Waals surface area (Å²) in [6.07, 6.45) is -0.205. The lowest BCUT2D eigenvalue weighted by Crippen LogP contribution is -2.06. The van der Waals surface area contributed by atoms with Crippen LogP contribution in [0.25, 0.3) is 0 Å². The number of carboxylic acids is 1. The third-order valence-electron chi connectivity index (χ3n) is 2.67. The van der Waals surface area contributed by atoms with E-state index in [4.69, 9.17) is 14.3 Å². The molecule has 1 unspecified atom stereocenters. The summed E-state index contributed by atoms with van der Waals surface area (Å²) in [4.78, 5) is 10.9. The molecular formula is C13H11FO5. The van der Waals surface area contributed by atoms with Gasteiger partial charge in [-0.1, -0.05) is 6.07 Å². The summed E-state index contributed by atoms with van der Waals surface area (Å²) in [5, 5.41) is 19.0. The molecule has 1 heterocycles. The molecule has 0 spiro atoms. The number of aliphatic hydroxyl groups is 1. The first-order valence-corrected chi connectivity index (χ1v) is 5.36. The van der Waals surface area contributed by atoms with E-state index in [1.807, 2.05) is 0 Å². The van der Waals surface area contributed by atoms with Crippen molar-refractivity contribution in [2.45, 2.75) is 6.10 Å². The average molecular weight is 266 g/mol. The summed E-state index contributed by atoms with van der Waals surface area (Å²) >= 11 is 0.